The first kappa shape index (κ1) is 13.4. The van der Waals surface area contributed by atoms with Crippen LogP contribution in [0, 0.1) is 17.8 Å². The van der Waals surface area contributed by atoms with E-state index < -0.39 is 11.9 Å². The third kappa shape index (κ3) is 2.78. The first-order valence-corrected chi connectivity index (χ1v) is 6.85. The van der Waals surface area contributed by atoms with E-state index in [2.05, 4.69) is 27.4 Å². The molecule has 2 aliphatic carbocycles. The molecule has 0 unspecified atom stereocenters. The number of halogens is 3. The highest BCUT2D eigenvalue weighted by Gasteiger charge is 2.35. The van der Waals surface area contributed by atoms with Crippen molar-refractivity contribution in [2.75, 3.05) is 11.9 Å². The fourth-order valence-electron chi connectivity index (χ4n) is 3.20. The highest BCUT2D eigenvalue weighted by Crippen LogP contribution is 2.44. The fourth-order valence-corrected chi connectivity index (χ4v) is 3.20. The summed E-state index contributed by atoms with van der Waals surface area (Å²) in [6, 6.07) is 0.881. The quantitative estimate of drug-likeness (QED) is 0.859. The van der Waals surface area contributed by atoms with Crippen LogP contribution in [0.2, 0.25) is 0 Å². The van der Waals surface area contributed by atoms with Gasteiger partial charge in [0.1, 0.15) is 5.69 Å². The van der Waals surface area contributed by atoms with Gasteiger partial charge in [0.15, 0.2) is 0 Å². The summed E-state index contributed by atoms with van der Waals surface area (Å²) in [5.74, 6) is 2.07. The Hall–Kier alpha value is -1.59. The number of fused-ring (bicyclic) bond motifs is 2. The minimum Gasteiger partial charge on any atom is -0.354 e. The minimum atomic E-state index is -4.42. The normalized spacial score (nSPS) is 28.1. The lowest BCUT2D eigenvalue weighted by Gasteiger charge is -2.18. The Morgan fingerprint density at radius 2 is 2.10 bits per heavy atom. The Morgan fingerprint density at radius 3 is 2.75 bits per heavy atom. The van der Waals surface area contributed by atoms with Gasteiger partial charge in [-0.25, -0.2) is 9.97 Å². The highest BCUT2D eigenvalue weighted by molar-refractivity contribution is 5.26. The lowest BCUT2D eigenvalue weighted by Crippen LogP contribution is -2.15. The molecule has 0 saturated heterocycles. The number of allylic oxidation sites excluding steroid dienone is 2. The van der Waals surface area contributed by atoms with Crippen LogP contribution in [0.15, 0.2) is 24.4 Å². The van der Waals surface area contributed by atoms with Gasteiger partial charge in [0.05, 0.1) is 0 Å². The predicted octanol–water partition coefficient (Wildman–Crippen LogP) is 3.51. The van der Waals surface area contributed by atoms with E-state index >= 15 is 0 Å². The van der Waals surface area contributed by atoms with Crippen molar-refractivity contribution in [3.05, 3.63) is 30.1 Å². The first-order chi connectivity index (χ1) is 9.52. The summed E-state index contributed by atoms with van der Waals surface area (Å²) < 4.78 is 37.5. The van der Waals surface area contributed by atoms with Gasteiger partial charge in [0, 0.05) is 12.7 Å². The lowest BCUT2D eigenvalue weighted by molar-refractivity contribution is -0.141. The number of anilines is 1. The molecule has 1 aromatic rings. The number of nitrogens with zero attached hydrogens (tertiary/aromatic N) is 2. The monoisotopic (exact) mass is 283 g/mol. The summed E-state index contributed by atoms with van der Waals surface area (Å²) in [5, 5.41) is 2.90. The molecule has 108 valence electrons. The average molecular weight is 283 g/mol. The van der Waals surface area contributed by atoms with Gasteiger partial charge in [0.25, 0.3) is 0 Å². The summed E-state index contributed by atoms with van der Waals surface area (Å²) in [7, 11) is 0. The van der Waals surface area contributed by atoms with Crippen molar-refractivity contribution in [2.24, 2.45) is 17.8 Å². The number of hydrogen-bond donors (Lipinski definition) is 1. The zero-order valence-electron chi connectivity index (χ0n) is 10.9. The van der Waals surface area contributed by atoms with E-state index in [1.54, 1.807) is 0 Å². The van der Waals surface area contributed by atoms with Crippen molar-refractivity contribution in [1.29, 1.82) is 0 Å². The van der Waals surface area contributed by atoms with Gasteiger partial charge in [-0.1, -0.05) is 12.2 Å². The van der Waals surface area contributed by atoms with Crippen molar-refractivity contribution >= 4 is 5.95 Å². The first-order valence-electron chi connectivity index (χ1n) is 6.85. The highest BCUT2D eigenvalue weighted by atomic mass is 19.4. The van der Waals surface area contributed by atoms with Gasteiger partial charge in [-0.3, -0.25) is 0 Å². The second kappa shape index (κ2) is 5.07. The van der Waals surface area contributed by atoms with Crippen LogP contribution >= 0.6 is 0 Å². The van der Waals surface area contributed by atoms with Crippen LogP contribution in [0.4, 0.5) is 19.1 Å². The van der Waals surface area contributed by atoms with Gasteiger partial charge in [-0.05, 0) is 43.1 Å². The molecule has 0 aliphatic heterocycles. The van der Waals surface area contributed by atoms with Crippen LogP contribution in [0.25, 0.3) is 0 Å². The van der Waals surface area contributed by atoms with Gasteiger partial charge in [0.2, 0.25) is 5.95 Å². The van der Waals surface area contributed by atoms with Crippen molar-refractivity contribution in [3.8, 4) is 0 Å². The predicted molar refractivity (Wildman–Crippen MR) is 69.0 cm³/mol. The molecule has 1 N–H and O–H groups in total. The number of hydrogen-bond acceptors (Lipinski definition) is 3. The zero-order valence-corrected chi connectivity index (χ0v) is 10.9. The molecule has 3 atom stereocenters. The third-order valence-electron chi connectivity index (χ3n) is 4.16. The summed E-state index contributed by atoms with van der Waals surface area (Å²) in [4.78, 5) is 7.32. The maximum atomic E-state index is 12.5. The third-order valence-corrected chi connectivity index (χ3v) is 4.16. The molecular formula is C14H16F3N3. The molecular weight excluding hydrogens is 267 g/mol. The lowest BCUT2D eigenvalue weighted by atomic mass is 9.91. The van der Waals surface area contributed by atoms with Gasteiger partial charge < -0.3 is 5.32 Å². The van der Waals surface area contributed by atoms with Crippen LogP contribution in [-0.4, -0.2) is 16.5 Å². The van der Waals surface area contributed by atoms with Gasteiger partial charge >= 0.3 is 6.18 Å². The van der Waals surface area contributed by atoms with Gasteiger partial charge in [-0.2, -0.15) is 13.2 Å². The van der Waals surface area contributed by atoms with Crippen LogP contribution in [-0.2, 0) is 6.18 Å². The Bertz CT molecular complexity index is 513. The molecule has 0 spiro atoms. The molecule has 6 heteroatoms. The molecule has 0 radical (unpaired) electrons. The van der Waals surface area contributed by atoms with E-state index in [1.807, 2.05) is 0 Å². The number of rotatable bonds is 4. The van der Waals surface area contributed by atoms with Crippen molar-refractivity contribution in [3.63, 3.8) is 0 Å². The molecule has 3 rings (SSSR count). The van der Waals surface area contributed by atoms with Crippen LogP contribution in [0.3, 0.4) is 0 Å². The van der Waals surface area contributed by atoms with E-state index in [0.717, 1.165) is 24.6 Å². The molecule has 0 aromatic carbocycles. The number of aromatic nitrogens is 2. The second-order valence-corrected chi connectivity index (χ2v) is 5.52. The zero-order chi connectivity index (χ0) is 14.2. The fraction of sp³-hybridized carbons (Fsp3) is 0.571. The van der Waals surface area contributed by atoms with E-state index in [0.29, 0.717) is 18.4 Å². The maximum absolute atomic E-state index is 12.5. The smallest absolute Gasteiger partial charge is 0.354 e. The molecule has 1 aromatic heterocycles. The van der Waals surface area contributed by atoms with Crippen molar-refractivity contribution < 1.29 is 13.2 Å². The van der Waals surface area contributed by atoms with Gasteiger partial charge in [-0.15, -0.1) is 0 Å². The van der Waals surface area contributed by atoms with E-state index in [-0.39, 0.29) is 5.95 Å². The Labute approximate surface area is 115 Å². The Morgan fingerprint density at radius 1 is 1.25 bits per heavy atom. The maximum Gasteiger partial charge on any atom is 0.433 e. The van der Waals surface area contributed by atoms with Crippen LogP contribution in [0.5, 0.6) is 0 Å². The summed E-state index contributed by atoms with van der Waals surface area (Å²) >= 11 is 0. The largest absolute Gasteiger partial charge is 0.433 e. The van der Waals surface area contributed by atoms with Crippen molar-refractivity contribution in [1.82, 2.24) is 9.97 Å². The van der Waals surface area contributed by atoms with Crippen molar-refractivity contribution in [2.45, 2.75) is 25.4 Å². The molecule has 0 amide bonds. The number of nitrogens with one attached hydrogen (secondary N) is 1. The molecule has 2 aliphatic rings. The second-order valence-electron chi connectivity index (χ2n) is 5.52. The topological polar surface area (TPSA) is 37.8 Å². The number of alkyl halides is 3. The van der Waals surface area contributed by atoms with Crippen LogP contribution < -0.4 is 5.32 Å². The Kier molecular flexibility index (Phi) is 3.40. The molecule has 1 fully saturated rings. The summed E-state index contributed by atoms with van der Waals surface area (Å²) in [5.41, 5.74) is -0.905. The van der Waals surface area contributed by atoms with E-state index in [4.69, 9.17) is 0 Å². The Balaban J connectivity index is 1.53. The molecule has 20 heavy (non-hydrogen) atoms. The SMILES string of the molecule is FC(F)(F)c1ccnc(NCC[C@@H]2C[C@@H]3C=C[C@H]2C3)n1. The average Bonchev–Trinajstić information content (AvgIpc) is 3.00. The molecule has 1 saturated carbocycles. The molecule has 1 heterocycles. The molecule has 3 nitrogen and oxygen atoms in total. The van der Waals surface area contributed by atoms with E-state index in [1.165, 1.54) is 12.8 Å². The summed E-state index contributed by atoms with van der Waals surface area (Å²) in [6.45, 7) is 0.614. The molecule has 2 bridgehead atoms. The minimum absolute atomic E-state index is 0.0542. The van der Waals surface area contributed by atoms with E-state index in [9.17, 15) is 13.2 Å². The summed E-state index contributed by atoms with van der Waals surface area (Å²) in [6.07, 6.45) is 4.67. The standard InChI is InChI=1S/C14H16F3N3/c15-14(16,17)12-4-6-19-13(20-12)18-5-3-11-8-9-1-2-10(11)7-9/h1-2,4,6,9-11H,3,5,7-8H2,(H,18,19,20)/t9-,10+,11-/m1/s1. The van der Waals surface area contributed by atoms with Crippen LogP contribution in [0.1, 0.15) is 25.0 Å².